The first-order valence-corrected chi connectivity index (χ1v) is 5.66. The Kier molecular flexibility index (Phi) is 5.06. The van der Waals surface area contributed by atoms with E-state index in [1.807, 2.05) is 13.0 Å². The van der Waals surface area contributed by atoms with Crippen LogP contribution in [0.25, 0.3) is 0 Å². The molecule has 0 saturated carbocycles. The van der Waals surface area contributed by atoms with Gasteiger partial charge in [-0.2, -0.15) is 0 Å². The first-order valence-electron chi connectivity index (χ1n) is 5.66. The van der Waals surface area contributed by atoms with Gasteiger partial charge in [0.25, 0.3) is 5.69 Å². The van der Waals surface area contributed by atoms with Crippen LogP contribution < -0.4 is 5.32 Å². The van der Waals surface area contributed by atoms with Gasteiger partial charge in [-0.3, -0.25) is 10.1 Å². The zero-order valence-electron chi connectivity index (χ0n) is 10.1. The predicted molar refractivity (Wildman–Crippen MR) is 66.0 cm³/mol. The number of hydrogen-bond donors (Lipinski definition) is 2. The molecule has 0 saturated heterocycles. The highest BCUT2D eigenvalue weighted by Gasteiger charge is 2.16. The van der Waals surface area contributed by atoms with Gasteiger partial charge in [0.05, 0.1) is 4.92 Å². The van der Waals surface area contributed by atoms with Crippen molar-refractivity contribution < 1.29 is 10.0 Å². The molecule has 0 aromatic heterocycles. The third-order valence-corrected chi connectivity index (χ3v) is 2.80. The quantitative estimate of drug-likeness (QED) is 0.451. The van der Waals surface area contributed by atoms with Crippen LogP contribution in [-0.4, -0.2) is 23.2 Å². The second-order valence-corrected chi connectivity index (χ2v) is 4.00. The summed E-state index contributed by atoms with van der Waals surface area (Å²) >= 11 is 0. The van der Waals surface area contributed by atoms with Crippen LogP contribution in [0.2, 0.25) is 0 Å². The lowest BCUT2D eigenvalue weighted by Crippen LogP contribution is -2.21. The molecule has 1 aromatic rings. The minimum atomic E-state index is -0.362. The maximum absolute atomic E-state index is 10.8. The molecule has 0 aliphatic heterocycles. The van der Waals surface area contributed by atoms with E-state index in [2.05, 4.69) is 5.32 Å². The van der Waals surface area contributed by atoms with Crippen LogP contribution in [0.1, 0.15) is 30.5 Å². The van der Waals surface area contributed by atoms with Gasteiger partial charge in [-0.05, 0) is 32.4 Å². The van der Waals surface area contributed by atoms with Crippen LogP contribution in [0, 0.1) is 17.0 Å². The summed E-state index contributed by atoms with van der Waals surface area (Å²) in [5.41, 5.74) is 1.77. The van der Waals surface area contributed by atoms with Gasteiger partial charge in [0.2, 0.25) is 0 Å². The summed E-state index contributed by atoms with van der Waals surface area (Å²) < 4.78 is 0. The van der Waals surface area contributed by atoms with Crippen molar-refractivity contribution in [3.05, 3.63) is 39.4 Å². The van der Waals surface area contributed by atoms with Gasteiger partial charge >= 0.3 is 0 Å². The maximum Gasteiger partial charge on any atom is 0.272 e. The lowest BCUT2D eigenvalue weighted by Gasteiger charge is -2.16. The van der Waals surface area contributed by atoms with Crippen molar-refractivity contribution in [1.29, 1.82) is 0 Å². The van der Waals surface area contributed by atoms with Gasteiger partial charge in [0.15, 0.2) is 0 Å². The van der Waals surface area contributed by atoms with Gasteiger partial charge in [0.1, 0.15) is 0 Å². The van der Waals surface area contributed by atoms with Gasteiger partial charge < -0.3 is 10.4 Å². The third-order valence-electron chi connectivity index (χ3n) is 2.80. The molecule has 17 heavy (non-hydrogen) atoms. The number of benzene rings is 1. The van der Waals surface area contributed by atoms with Gasteiger partial charge in [-0.25, -0.2) is 0 Å². The second-order valence-electron chi connectivity index (χ2n) is 4.00. The van der Waals surface area contributed by atoms with Crippen molar-refractivity contribution in [2.75, 3.05) is 13.2 Å². The summed E-state index contributed by atoms with van der Waals surface area (Å²) in [6.07, 6.45) is 0.679. The number of nitrogens with one attached hydrogen (secondary N) is 1. The van der Waals surface area contributed by atoms with Crippen LogP contribution in [0.5, 0.6) is 0 Å². The number of aliphatic hydroxyl groups is 1. The second kappa shape index (κ2) is 6.32. The summed E-state index contributed by atoms with van der Waals surface area (Å²) in [4.78, 5) is 10.4. The normalized spacial score (nSPS) is 12.4. The smallest absolute Gasteiger partial charge is 0.272 e. The zero-order chi connectivity index (χ0) is 12.8. The van der Waals surface area contributed by atoms with Gasteiger partial charge in [-0.1, -0.05) is 12.1 Å². The fraction of sp³-hybridized carbons (Fsp3) is 0.500. The van der Waals surface area contributed by atoms with E-state index in [0.717, 1.165) is 5.56 Å². The van der Waals surface area contributed by atoms with Crippen LogP contribution in [0.4, 0.5) is 5.69 Å². The van der Waals surface area contributed by atoms with E-state index in [1.54, 1.807) is 13.0 Å². The number of nitrogens with zero attached hydrogens (tertiary/aromatic N) is 1. The molecule has 2 N–H and O–H groups in total. The highest BCUT2D eigenvalue weighted by atomic mass is 16.6. The average molecular weight is 238 g/mol. The number of nitro benzene ring substituents is 1. The molecule has 0 fully saturated rings. The monoisotopic (exact) mass is 238 g/mol. The Hall–Kier alpha value is -1.46. The Morgan fingerprint density at radius 2 is 2.24 bits per heavy atom. The Morgan fingerprint density at radius 1 is 1.53 bits per heavy atom. The van der Waals surface area contributed by atoms with Gasteiger partial charge in [0, 0.05) is 24.3 Å². The summed E-state index contributed by atoms with van der Waals surface area (Å²) in [7, 11) is 0. The van der Waals surface area contributed by atoms with Crippen molar-refractivity contribution in [2.45, 2.75) is 26.3 Å². The maximum atomic E-state index is 10.8. The van der Waals surface area contributed by atoms with Gasteiger partial charge in [-0.15, -0.1) is 0 Å². The minimum absolute atomic E-state index is 0.0430. The standard InChI is InChI=1S/C12H18N2O3/c1-9-11(10(2)13-7-4-8-15)5-3-6-12(9)14(16)17/h3,5-6,10,13,15H,4,7-8H2,1-2H3. The molecule has 1 unspecified atom stereocenters. The number of aliphatic hydroxyl groups excluding tert-OH is 1. The average Bonchev–Trinajstić information content (AvgIpc) is 2.29. The third kappa shape index (κ3) is 3.51. The van der Waals surface area contributed by atoms with E-state index in [4.69, 9.17) is 5.11 Å². The van der Waals surface area contributed by atoms with E-state index < -0.39 is 0 Å². The first kappa shape index (κ1) is 13.6. The lowest BCUT2D eigenvalue weighted by atomic mass is 10.0. The number of hydrogen-bond acceptors (Lipinski definition) is 4. The molecule has 0 spiro atoms. The molecule has 5 nitrogen and oxygen atoms in total. The summed E-state index contributed by atoms with van der Waals surface area (Å²) in [5, 5.41) is 22.7. The molecule has 0 aliphatic carbocycles. The molecular formula is C12H18N2O3. The van der Waals surface area contributed by atoms with Crippen LogP contribution in [-0.2, 0) is 0 Å². The van der Waals surface area contributed by atoms with E-state index in [1.165, 1.54) is 6.07 Å². The van der Waals surface area contributed by atoms with Crippen molar-refractivity contribution >= 4 is 5.69 Å². The molecule has 1 rings (SSSR count). The van der Waals surface area contributed by atoms with Crippen molar-refractivity contribution in [3.63, 3.8) is 0 Å². The fourth-order valence-electron chi connectivity index (χ4n) is 1.82. The topological polar surface area (TPSA) is 75.4 Å². The first-order chi connectivity index (χ1) is 8.07. The van der Waals surface area contributed by atoms with Crippen molar-refractivity contribution in [2.24, 2.45) is 0 Å². The van der Waals surface area contributed by atoms with E-state index in [9.17, 15) is 10.1 Å². The number of nitro groups is 1. The molecule has 0 amide bonds. The van der Waals surface area contributed by atoms with E-state index >= 15 is 0 Å². The van der Waals surface area contributed by atoms with Crippen LogP contribution in [0.3, 0.4) is 0 Å². The highest BCUT2D eigenvalue weighted by Crippen LogP contribution is 2.25. The Balaban J connectivity index is 2.83. The molecular weight excluding hydrogens is 220 g/mol. The van der Waals surface area contributed by atoms with Crippen LogP contribution in [0.15, 0.2) is 18.2 Å². The van der Waals surface area contributed by atoms with E-state index in [-0.39, 0.29) is 23.3 Å². The largest absolute Gasteiger partial charge is 0.396 e. The fourth-order valence-corrected chi connectivity index (χ4v) is 1.82. The molecule has 0 bridgehead atoms. The minimum Gasteiger partial charge on any atom is -0.396 e. The van der Waals surface area contributed by atoms with Crippen molar-refractivity contribution in [3.8, 4) is 0 Å². The number of rotatable bonds is 6. The molecule has 1 atom stereocenters. The summed E-state index contributed by atoms with van der Waals surface area (Å²) in [6, 6.07) is 5.14. The Bertz CT molecular complexity index is 393. The molecule has 5 heteroatoms. The molecule has 0 radical (unpaired) electrons. The molecule has 0 aliphatic rings. The van der Waals surface area contributed by atoms with Crippen LogP contribution >= 0.6 is 0 Å². The van der Waals surface area contributed by atoms with Crippen molar-refractivity contribution in [1.82, 2.24) is 5.32 Å². The lowest BCUT2D eigenvalue weighted by molar-refractivity contribution is -0.385. The highest BCUT2D eigenvalue weighted by molar-refractivity contribution is 5.45. The zero-order valence-corrected chi connectivity index (χ0v) is 10.1. The molecule has 94 valence electrons. The molecule has 0 heterocycles. The summed E-state index contributed by atoms with van der Waals surface area (Å²) in [6.45, 7) is 4.56. The Morgan fingerprint density at radius 3 is 2.82 bits per heavy atom. The molecule has 1 aromatic carbocycles. The predicted octanol–water partition coefficient (Wildman–Crippen LogP) is 1.94. The van der Waals surface area contributed by atoms with E-state index in [0.29, 0.717) is 18.5 Å². The Labute approximate surface area is 101 Å². The summed E-state index contributed by atoms with van der Waals surface area (Å²) in [5.74, 6) is 0. The SMILES string of the molecule is Cc1c(C(C)NCCCO)cccc1[N+](=O)[O-].